The van der Waals surface area contributed by atoms with E-state index in [9.17, 15) is 21.6 Å². The molecule has 1 aromatic rings. The minimum absolute atomic E-state index is 0.136. The van der Waals surface area contributed by atoms with Gasteiger partial charge in [-0.05, 0) is 13.0 Å². The zero-order valence-corrected chi connectivity index (χ0v) is 9.97. The van der Waals surface area contributed by atoms with Crippen molar-refractivity contribution in [2.45, 2.75) is 26.3 Å². The Morgan fingerprint density at radius 1 is 1.47 bits per heavy atom. The molecule has 98 valence electrons. The van der Waals surface area contributed by atoms with Crippen LogP contribution in [0, 0.1) is 6.92 Å². The standard InChI is InChI=1S/C8H11F3N2O3S/c1-6-3-7(4-16-17(2,14)15)12-13(6)5-8(9,10)11/h3H,4-5H2,1-2H3. The van der Waals surface area contributed by atoms with Gasteiger partial charge in [0.05, 0.1) is 11.9 Å². The molecule has 0 radical (unpaired) electrons. The van der Waals surface area contributed by atoms with Gasteiger partial charge in [-0.2, -0.15) is 26.7 Å². The number of halogens is 3. The summed E-state index contributed by atoms with van der Waals surface area (Å²) < 4.78 is 62.9. The number of hydrogen-bond acceptors (Lipinski definition) is 4. The van der Waals surface area contributed by atoms with Crippen molar-refractivity contribution in [3.8, 4) is 0 Å². The molecule has 5 nitrogen and oxygen atoms in total. The van der Waals surface area contributed by atoms with E-state index in [4.69, 9.17) is 0 Å². The Morgan fingerprint density at radius 3 is 2.53 bits per heavy atom. The minimum atomic E-state index is -4.37. The van der Waals surface area contributed by atoms with Crippen LogP contribution in [0.15, 0.2) is 6.07 Å². The SMILES string of the molecule is Cc1cc(COS(C)(=O)=O)nn1CC(F)(F)F. The summed E-state index contributed by atoms with van der Waals surface area (Å²) in [5.74, 6) is 0. The molecule has 0 spiro atoms. The van der Waals surface area contributed by atoms with Gasteiger partial charge in [-0.25, -0.2) is 0 Å². The van der Waals surface area contributed by atoms with Gasteiger partial charge in [0.25, 0.3) is 10.1 Å². The van der Waals surface area contributed by atoms with Crippen LogP contribution < -0.4 is 0 Å². The number of hydrogen-bond donors (Lipinski definition) is 0. The van der Waals surface area contributed by atoms with Gasteiger partial charge in [0, 0.05) is 5.69 Å². The van der Waals surface area contributed by atoms with Gasteiger partial charge in [-0.1, -0.05) is 0 Å². The summed E-state index contributed by atoms with van der Waals surface area (Å²) in [4.78, 5) is 0. The molecule has 0 bridgehead atoms. The van der Waals surface area contributed by atoms with E-state index in [2.05, 4.69) is 9.28 Å². The average molecular weight is 272 g/mol. The lowest BCUT2D eigenvalue weighted by Gasteiger charge is -2.07. The van der Waals surface area contributed by atoms with Crippen LogP contribution in [0.25, 0.3) is 0 Å². The third-order valence-electron chi connectivity index (χ3n) is 1.78. The predicted molar refractivity (Wildman–Crippen MR) is 52.7 cm³/mol. The van der Waals surface area contributed by atoms with Gasteiger partial charge < -0.3 is 0 Å². The lowest BCUT2D eigenvalue weighted by molar-refractivity contribution is -0.143. The van der Waals surface area contributed by atoms with Crippen molar-refractivity contribution >= 4 is 10.1 Å². The third kappa shape index (κ3) is 5.18. The molecule has 0 aliphatic rings. The molecular weight excluding hydrogens is 261 g/mol. The zero-order valence-electron chi connectivity index (χ0n) is 9.15. The van der Waals surface area contributed by atoms with Crippen LogP contribution >= 0.6 is 0 Å². The Hall–Kier alpha value is -1.09. The van der Waals surface area contributed by atoms with Crippen LogP contribution in [-0.4, -0.2) is 30.6 Å². The number of aromatic nitrogens is 2. The summed E-state index contributed by atoms with van der Waals surface area (Å²) in [6.07, 6.45) is -3.52. The van der Waals surface area contributed by atoms with Crippen LogP contribution in [0.1, 0.15) is 11.4 Å². The first-order chi connectivity index (χ1) is 7.57. The van der Waals surface area contributed by atoms with E-state index in [-0.39, 0.29) is 18.0 Å². The quantitative estimate of drug-likeness (QED) is 0.773. The van der Waals surface area contributed by atoms with Crippen LogP contribution in [-0.2, 0) is 27.5 Å². The molecule has 0 fully saturated rings. The van der Waals surface area contributed by atoms with Crippen molar-refractivity contribution in [1.82, 2.24) is 9.78 Å². The Bertz CT molecular complexity index is 493. The van der Waals surface area contributed by atoms with E-state index in [1.54, 1.807) is 0 Å². The van der Waals surface area contributed by atoms with Crippen LogP contribution in [0.4, 0.5) is 13.2 Å². The van der Waals surface area contributed by atoms with Crippen molar-refractivity contribution in [2.24, 2.45) is 0 Å². The molecule has 1 aromatic heterocycles. The first kappa shape index (κ1) is 14.0. The van der Waals surface area contributed by atoms with Crippen molar-refractivity contribution < 1.29 is 25.8 Å². The molecule has 0 aliphatic heterocycles. The number of nitrogens with zero attached hydrogens (tertiary/aromatic N) is 2. The van der Waals surface area contributed by atoms with E-state index in [1.165, 1.54) is 13.0 Å². The largest absolute Gasteiger partial charge is 0.408 e. The summed E-state index contributed by atoms with van der Waals surface area (Å²) in [6.45, 7) is -0.134. The molecule has 9 heteroatoms. The fourth-order valence-corrected chi connectivity index (χ4v) is 1.48. The van der Waals surface area contributed by atoms with Gasteiger partial charge >= 0.3 is 6.18 Å². The van der Waals surface area contributed by atoms with E-state index in [1.807, 2.05) is 0 Å². The van der Waals surface area contributed by atoms with E-state index in [0.717, 1.165) is 10.9 Å². The lowest BCUT2D eigenvalue weighted by atomic mass is 10.4. The lowest BCUT2D eigenvalue weighted by Crippen LogP contribution is -2.19. The topological polar surface area (TPSA) is 61.2 Å². The average Bonchev–Trinajstić information content (AvgIpc) is 2.40. The highest BCUT2D eigenvalue weighted by Gasteiger charge is 2.29. The highest BCUT2D eigenvalue weighted by Crippen LogP contribution is 2.18. The van der Waals surface area contributed by atoms with Gasteiger partial charge in [-0.3, -0.25) is 8.86 Å². The second-order valence-electron chi connectivity index (χ2n) is 3.52. The Labute approximate surface area is 96.3 Å². The Morgan fingerprint density at radius 2 is 2.06 bits per heavy atom. The second kappa shape index (κ2) is 4.65. The maximum Gasteiger partial charge on any atom is 0.408 e. The van der Waals surface area contributed by atoms with Crippen LogP contribution in [0.5, 0.6) is 0 Å². The van der Waals surface area contributed by atoms with Crippen molar-refractivity contribution in [3.05, 3.63) is 17.5 Å². The van der Waals surface area contributed by atoms with Crippen LogP contribution in [0.3, 0.4) is 0 Å². The van der Waals surface area contributed by atoms with Gasteiger partial charge in [0.1, 0.15) is 13.2 Å². The van der Waals surface area contributed by atoms with Crippen LogP contribution in [0.2, 0.25) is 0 Å². The maximum atomic E-state index is 12.1. The fraction of sp³-hybridized carbons (Fsp3) is 0.625. The smallest absolute Gasteiger partial charge is 0.264 e. The van der Waals surface area contributed by atoms with Gasteiger partial charge in [0.15, 0.2) is 0 Å². The van der Waals surface area contributed by atoms with Crippen molar-refractivity contribution in [2.75, 3.05) is 6.26 Å². The monoisotopic (exact) mass is 272 g/mol. The molecule has 1 rings (SSSR count). The molecule has 0 saturated heterocycles. The molecule has 0 saturated carbocycles. The fourth-order valence-electron chi connectivity index (χ4n) is 1.15. The molecule has 1 heterocycles. The molecule has 0 atom stereocenters. The molecule has 0 N–H and O–H groups in total. The predicted octanol–water partition coefficient (Wildman–Crippen LogP) is 1.23. The molecule has 0 amide bonds. The Kier molecular flexibility index (Phi) is 3.82. The Balaban J connectivity index is 2.75. The summed E-state index contributed by atoms with van der Waals surface area (Å²) in [5.41, 5.74) is 0.423. The minimum Gasteiger partial charge on any atom is -0.264 e. The molecule has 0 unspecified atom stereocenters. The van der Waals surface area contributed by atoms with E-state index < -0.39 is 22.8 Å². The molecule has 17 heavy (non-hydrogen) atoms. The highest BCUT2D eigenvalue weighted by molar-refractivity contribution is 7.85. The van der Waals surface area contributed by atoms with E-state index >= 15 is 0 Å². The normalized spacial score (nSPS) is 13.0. The van der Waals surface area contributed by atoms with Crippen molar-refractivity contribution in [3.63, 3.8) is 0 Å². The first-order valence-corrected chi connectivity index (χ1v) is 6.33. The van der Waals surface area contributed by atoms with Gasteiger partial charge in [0.2, 0.25) is 0 Å². The summed E-state index contributed by atoms with van der Waals surface area (Å²) in [7, 11) is -3.63. The first-order valence-electron chi connectivity index (χ1n) is 4.51. The van der Waals surface area contributed by atoms with Crippen molar-refractivity contribution in [1.29, 1.82) is 0 Å². The number of aryl methyl sites for hydroxylation is 1. The van der Waals surface area contributed by atoms with E-state index in [0.29, 0.717) is 0 Å². The second-order valence-corrected chi connectivity index (χ2v) is 5.16. The molecular formula is C8H11F3N2O3S. The summed E-state index contributed by atoms with van der Waals surface area (Å²) in [5, 5.41) is 3.61. The summed E-state index contributed by atoms with van der Waals surface area (Å²) >= 11 is 0. The van der Waals surface area contributed by atoms with Gasteiger partial charge in [-0.15, -0.1) is 0 Å². The summed E-state index contributed by atoms with van der Waals surface area (Å²) in [6, 6.07) is 1.34. The number of rotatable bonds is 4. The third-order valence-corrected chi connectivity index (χ3v) is 2.33. The zero-order chi connectivity index (χ0) is 13.3. The molecule has 0 aromatic carbocycles. The molecule has 0 aliphatic carbocycles. The number of alkyl halides is 3. The highest BCUT2D eigenvalue weighted by atomic mass is 32.2. The maximum absolute atomic E-state index is 12.1.